The van der Waals surface area contributed by atoms with E-state index in [4.69, 9.17) is 14.2 Å². The van der Waals surface area contributed by atoms with Crippen molar-refractivity contribution in [2.24, 2.45) is 0 Å². The predicted octanol–water partition coefficient (Wildman–Crippen LogP) is 4.47. The van der Waals surface area contributed by atoms with E-state index in [-0.39, 0.29) is 0 Å². The van der Waals surface area contributed by atoms with Gasteiger partial charge in [0.1, 0.15) is 12.4 Å². The van der Waals surface area contributed by atoms with E-state index in [1.54, 1.807) is 13.3 Å². The summed E-state index contributed by atoms with van der Waals surface area (Å²) in [7, 11) is 1.68. The molecule has 188 valence electrons. The number of benzene rings is 2. The van der Waals surface area contributed by atoms with Gasteiger partial charge in [-0.3, -0.25) is 9.58 Å². The third-order valence-electron chi connectivity index (χ3n) is 6.52. The van der Waals surface area contributed by atoms with E-state index in [9.17, 15) is 5.11 Å². The van der Waals surface area contributed by atoms with Crippen LogP contribution in [0.2, 0.25) is 0 Å². The molecule has 1 aliphatic heterocycles. The van der Waals surface area contributed by atoms with Crippen LogP contribution in [0, 0.1) is 6.92 Å². The molecular formula is C28H37N3O4. The molecule has 1 unspecified atom stereocenters. The van der Waals surface area contributed by atoms with Crippen LogP contribution in [0.1, 0.15) is 36.8 Å². The molecule has 1 aliphatic rings. The predicted molar refractivity (Wildman–Crippen MR) is 136 cm³/mol. The number of hydrogen-bond acceptors (Lipinski definition) is 6. The lowest BCUT2D eigenvalue weighted by Gasteiger charge is -2.27. The van der Waals surface area contributed by atoms with Gasteiger partial charge in [0.25, 0.3) is 0 Å². The Bertz CT molecular complexity index is 1040. The summed E-state index contributed by atoms with van der Waals surface area (Å²) in [5, 5.41) is 15.4. The Balaban J connectivity index is 1.26. The molecule has 1 fully saturated rings. The van der Waals surface area contributed by atoms with Crippen molar-refractivity contribution in [3.63, 3.8) is 0 Å². The van der Waals surface area contributed by atoms with Gasteiger partial charge >= 0.3 is 0 Å². The van der Waals surface area contributed by atoms with Gasteiger partial charge in [0, 0.05) is 38.4 Å². The third kappa shape index (κ3) is 7.47. The van der Waals surface area contributed by atoms with Crippen LogP contribution in [0.3, 0.4) is 0 Å². The minimum Gasteiger partial charge on any atom is -0.493 e. The number of aryl methyl sites for hydroxylation is 2. The van der Waals surface area contributed by atoms with E-state index in [2.05, 4.69) is 29.1 Å². The van der Waals surface area contributed by atoms with Gasteiger partial charge in [-0.1, -0.05) is 23.8 Å². The minimum atomic E-state index is -0.800. The van der Waals surface area contributed by atoms with E-state index in [0.29, 0.717) is 19.6 Å². The molecule has 0 radical (unpaired) electrons. The number of hydrogen-bond donors (Lipinski definition) is 1. The highest BCUT2D eigenvalue weighted by molar-refractivity contribution is 5.43. The van der Waals surface area contributed by atoms with E-state index >= 15 is 0 Å². The molecule has 2 aromatic carbocycles. The number of ether oxygens (including phenoxy) is 3. The van der Waals surface area contributed by atoms with Crippen LogP contribution < -0.4 is 14.2 Å². The first-order chi connectivity index (χ1) is 17.0. The van der Waals surface area contributed by atoms with E-state index in [1.807, 2.05) is 47.3 Å². The first-order valence-electron chi connectivity index (χ1n) is 12.4. The summed E-state index contributed by atoms with van der Waals surface area (Å²) in [6, 6.07) is 16.0. The van der Waals surface area contributed by atoms with Crippen molar-refractivity contribution in [3.05, 3.63) is 72.1 Å². The van der Waals surface area contributed by atoms with Crippen molar-refractivity contribution in [1.29, 1.82) is 0 Å². The van der Waals surface area contributed by atoms with Crippen molar-refractivity contribution in [2.75, 3.05) is 33.4 Å². The SMILES string of the molecule is COc1cc(CN2CCCC(O)(COc3ccc(C)cc3)CC2)ccc1OCCCn1cccn1. The van der Waals surface area contributed by atoms with Gasteiger partial charge in [0.05, 0.1) is 19.3 Å². The largest absolute Gasteiger partial charge is 0.493 e. The molecule has 4 rings (SSSR count). The lowest BCUT2D eigenvalue weighted by molar-refractivity contribution is -0.0168. The van der Waals surface area contributed by atoms with Crippen molar-refractivity contribution in [1.82, 2.24) is 14.7 Å². The highest BCUT2D eigenvalue weighted by Gasteiger charge is 2.31. The van der Waals surface area contributed by atoms with Gasteiger partial charge in [-0.25, -0.2) is 0 Å². The molecule has 3 aromatic rings. The molecule has 1 atom stereocenters. The summed E-state index contributed by atoms with van der Waals surface area (Å²) in [6.07, 6.45) is 6.97. The molecule has 0 amide bonds. The number of nitrogens with zero attached hydrogens (tertiary/aromatic N) is 3. The first kappa shape index (κ1) is 25.1. The van der Waals surface area contributed by atoms with Crippen LogP contribution in [0.4, 0.5) is 0 Å². The summed E-state index contributed by atoms with van der Waals surface area (Å²) >= 11 is 0. The summed E-state index contributed by atoms with van der Waals surface area (Å²) in [5.74, 6) is 2.32. The average molecular weight is 480 g/mol. The van der Waals surface area contributed by atoms with Gasteiger partial charge in [-0.2, -0.15) is 5.10 Å². The fourth-order valence-electron chi connectivity index (χ4n) is 4.42. The van der Waals surface area contributed by atoms with Crippen molar-refractivity contribution in [2.45, 2.75) is 51.3 Å². The zero-order valence-electron chi connectivity index (χ0n) is 20.9. The van der Waals surface area contributed by atoms with E-state index in [1.165, 1.54) is 11.1 Å². The Morgan fingerprint density at radius 3 is 2.66 bits per heavy atom. The normalized spacial score (nSPS) is 18.7. The minimum absolute atomic E-state index is 0.324. The molecule has 0 bridgehead atoms. The number of rotatable bonds is 11. The highest BCUT2D eigenvalue weighted by Crippen LogP contribution is 2.30. The number of aromatic nitrogens is 2. The number of aliphatic hydroxyl groups is 1. The zero-order chi connectivity index (χ0) is 24.5. The van der Waals surface area contributed by atoms with Crippen LogP contribution in [0.15, 0.2) is 60.9 Å². The Labute approximate surface area is 208 Å². The molecule has 0 spiro atoms. The Morgan fingerprint density at radius 1 is 1.03 bits per heavy atom. The van der Waals surface area contributed by atoms with Crippen LogP contribution in [0.5, 0.6) is 17.2 Å². The first-order valence-corrected chi connectivity index (χ1v) is 12.4. The third-order valence-corrected chi connectivity index (χ3v) is 6.52. The van der Waals surface area contributed by atoms with Gasteiger partial charge < -0.3 is 19.3 Å². The molecule has 1 aromatic heterocycles. The second-order valence-electron chi connectivity index (χ2n) is 9.41. The molecule has 1 N–H and O–H groups in total. The standard InChI is InChI=1S/C28H37N3O4/c1-23-6-9-25(10-7-23)35-22-28(32)12-3-15-30(18-13-28)21-24-8-11-26(27(20-24)33-2)34-19-5-17-31-16-4-14-29-31/h4,6-11,14,16,20,32H,3,5,12-13,15,17-19,21-22H2,1-2H3. The second-order valence-corrected chi connectivity index (χ2v) is 9.41. The van der Waals surface area contributed by atoms with E-state index in [0.717, 1.165) is 62.7 Å². The van der Waals surface area contributed by atoms with Crippen molar-refractivity contribution >= 4 is 0 Å². The highest BCUT2D eigenvalue weighted by atomic mass is 16.5. The Morgan fingerprint density at radius 2 is 1.89 bits per heavy atom. The molecule has 0 aliphatic carbocycles. The van der Waals surface area contributed by atoms with Gasteiger partial charge in [-0.05, 0) is 68.6 Å². The monoisotopic (exact) mass is 479 g/mol. The molecule has 35 heavy (non-hydrogen) atoms. The second kappa shape index (κ2) is 12.1. The summed E-state index contributed by atoms with van der Waals surface area (Å²) in [4.78, 5) is 2.39. The molecule has 1 saturated heterocycles. The molecule has 7 heteroatoms. The molecule has 2 heterocycles. The van der Waals surface area contributed by atoms with E-state index < -0.39 is 5.60 Å². The Kier molecular flexibility index (Phi) is 8.66. The van der Waals surface area contributed by atoms with Crippen LogP contribution in [-0.4, -0.2) is 58.8 Å². The van der Waals surface area contributed by atoms with Gasteiger partial charge in [-0.15, -0.1) is 0 Å². The van der Waals surface area contributed by atoms with Crippen LogP contribution in [-0.2, 0) is 13.1 Å². The lowest BCUT2D eigenvalue weighted by Crippen LogP contribution is -2.37. The maximum absolute atomic E-state index is 11.1. The number of methoxy groups -OCH3 is 1. The zero-order valence-corrected chi connectivity index (χ0v) is 20.9. The average Bonchev–Trinajstić information content (AvgIpc) is 3.32. The smallest absolute Gasteiger partial charge is 0.161 e. The number of likely N-dealkylation sites (tertiary alicyclic amines) is 1. The topological polar surface area (TPSA) is 69.0 Å². The van der Waals surface area contributed by atoms with Gasteiger partial charge in [0.2, 0.25) is 0 Å². The van der Waals surface area contributed by atoms with Crippen molar-refractivity contribution < 1.29 is 19.3 Å². The Hall–Kier alpha value is -3.03. The van der Waals surface area contributed by atoms with Crippen LogP contribution in [0.25, 0.3) is 0 Å². The fraction of sp³-hybridized carbons (Fsp3) is 0.464. The summed E-state index contributed by atoms with van der Waals surface area (Å²) in [5.41, 5.74) is 1.57. The summed E-state index contributed by atoms with van der Waals surface area (Å²) in [6.45, 7) is 6.38. The fourth-order valence-corrected chi connectivity index (χ4v) is 4.42. The lowest BCUT2D eigenvalue weighted by atomic mass is 9.96. The summed E-state index contributed by atoms with van der Waals surface area (Å²) < 4.78 is 19.4. The molecular weight excluding hydrogens is 442 g/mol. The van der Waals surface area contributed by atoms with Crippen molar-refractivity contribution in [3.8, 4) is 17.2 Å². The maximum atomic E-state index is 11.1. The maximum Gasteiger partial charge on any atom is 0.161 e. The van der Waals surface area contributed by atoms with Crippen LogP contribution >= 0.6 is 0 Å². The van der Waals surface area contributed by atoms with Gasteiger partial charge in [0.15, 0.2) is 11.5 Å². The quantitative estimate of drug-likeness (QED) is 0.410. The molecule has 0 saturated carbocycles. The molecule has 7 nitrogen and oxygen atoms in total.